The highest BCUT2D eigenvalue weighted by atomic mass is 16.5. The smallest absolute Gasteiger partial charge is 0.252 e. The zero-order valence-corrected chi connectivity index (χ0v) is 12.0. The van der Waals surface area contributed by atoms with Gasteiger partial charge in [-0.2, -0.15) is 5.26 Å². The van der Waals surface area contributed by atoms with Crippen LogP contribution in [0.25, 0.3) is 0 Å². The summed E-state index contributed by atoms with van der Waals surface area (Å²) in [5, 5.41) is 12.9. The number of fused-ring (bicyclic) bond motifs is 1. The van der Waals surface area contributed by atoms with E-state index in [0.717, 1.165) is 23.5 Å². The van der Waals surface area contributed by atoms with Crippen molar-refractivity contribution in [3.05, 3.63) is 35.4 Å². The van der Waals surface area contributed by atoms with Gasteiger partial charge in [0, 0.05) is 17.5 Å². The van der Waals surface area contributed by atoms with Gasteiger partial charge in [0.25, 0.3) is 5.82 Å². The summed E-state index contributed by atoms with van der Waals surface area (Å²) in [6.07, 6.45) is 2.64. The van der Waals surface area contributed by atoms with E-state index in [0.29, 0.717) is 13.2 Å². The molecule has 2 heterocycles. The maximum Gasteiger partial charge on any atom is 0.252 e. The van der Waals surface area contributed by atoms with Crippen LogP contribution in [0.3, 0.4) is 0 Å². The second-order valence-corrected chi connectivity index (χ2v) is 5.01. The quantitative estimate of drug-likeness (QED) is 0.857. The number of nitriles is 1. The molecule has 0 aliphatic carbocycles. The van der Waals surface area contributed by atoms with Crippen LogP contribution in [0.15, 0.2) is 18.5 Å². The average molecular weight is 284 g/mol. The minimum atomic E-state index is 0.166. The van der Waals surface area contributed by atoms with Gasteiger partial charge in [0.1, 0.15) is 30.0 Å². The number of benzene rings is 1. The fraction of sp³-hybridized carbons (Fsp3) is 0.400. The van der Waals surface area contributed by atoms with Gasteiger partial charge in [-0.3, -0.25) is 0 Å². The molecule has 1 aliphatic heterocycles. The molecule has 2 aromatic rings. The van der Waals surface area contributed by atoms with Gasteiger partial charge in [0.2, 0.25) is 0 Å². The molecule has 0 amide bonds. The number of aromatic nitrogens is 3. The van der Waals surface area contributed by atoms with E-state index in [2.05, 4.69) is 17.0 Å². The molecule has 21 heavy (non-hydrogen) atoms. The van der Waals surface area contributed by atoms with Gasteiger partial charge in [0.05, 0.1) is 13.2 Å². The molecule has 1 atom stereocenters. The van der Waals surface area contributed by atoms with Gasteiger partial charge in [-0.1, -0.05) is 0 Å². The number of hydrogen-bond donors (Lipinski definition) is 0. The van der Waals surface area contributed by atoms with Gasteiger partial charge in [-0.15, -0.1) is 5.10 Å². The van der Waals surface area contributed by atoms with Crippen LogP contribution in [0.4, 0.5) is 0 Å². The minimum Gasteiger partial charge on any atom is -0.494 e. The third-order valence-electron chi connectivity index (χ3n) is 3.35. The van der Waals surface area contributed by atoms with Crippen molar-refractivity contribution in [2.24, 2.45) is 0 Å². The summed E-state index contributed by atoms with van der Waals surface area (Å²) in [7, 11) is 0. The van der Waals surface area contributed by atoms with Crippen molar-refractivity contribution in [3.8, 4) is 17.6 Å². The molecule has 6 heteroatoms. The Hall–Kier alpha value is -2.55. The summed E-state index contributed by atoms with van der Waals surface area (Å²) in [6, 6.07) is 5.96. The number of rotatable bonds is 4. The van der Waals surface area contributed by atoms with Gasteiger partial charge in [0.15, 0.2) is 0 Å². The van der Waals surface area contributed by atoms with Crippen molar-refractivity contribution in [1.82, 2.24) is 14.8 Å². The molecule has 1 aliphatic rings. The second kappa shape index (κ2) is 5.44. The molecule has 0 fully saturated rings. The van der Waals surface area contributed by atoms with Crippen LogP contribution in [-0.4, -0.2) is 27.5 Å². The molecule has 108 valence electrons. The standard InChI is InChI=1S/C15H16N4O2/c1-3-20-13-5-11-4-10(2)21-14(11)6-12(13)8-19-9-17-15(7-16)18-19/h5-6,9-10H,3-4,8H2,1-2H3. The Morgan fingerprint density at radius 3 is 3.10 bits per heavy atom. The topological polar surface area (TPSA) is 73.0 Å². The number of ether oxygens (including phenoxy) is 2. The Labute approximate surface area is 122 Å². The van der Waals surface area contributed by atoms with Crippen LogP contribution in [-0.2, 0) is 13.0 Å². The van der Waals surface area contributed by atoms with E-state index in [1.807, 2.05) is 25.1 Å². The second-order valence-electron chi connectivity index (χ2n) is 5.01. The summed E-state index contributed by atoms with van der Waals surface area (Å²) in [5.74, 6) is 1.91. The van der Waals surface area contributed by atoms with Gasteiger partial charge >= 0.3 is 0 Å². The van der Waals surface area contributed by atoms with Crippen LogP contribution < -0.4 is 9.47 Å². The first-order chi connectivity index (χ1) is 10.2. The van der Waals surface area contributed by atoms with Crippen molar-refractivity contribution in [2.75, 3.05) is 6.61 Å². The van der Waals surface area contributed by atoms with E-state index < -0.39 is 0 Å². The first kappa shape index (κ1) is 13.4. The van der Waals surface area contributed by atoms with Crippen molar-refractivity contribution < 1.29 is 9.47 Å². The molecular weight excluding hydrogens is 268 g/mol. The molecular formula is C15H16N4O2. The van der Waals surface area contributed by atoms with Crippen LogP contribution in [0, 0.1) is 11.3 Å². The highest BCUT2D eigenvalue weighted by Crippen LogP contribution is 2.35. The normalized spacial score (nSPS) is 16.1. The lowest BCUT2D eigenvalue weighted by Crippen LogP contribution is -2.05. The molecule has 0 saturated heterocycles. The number of nitrogens with zero attached hydrogens (tertiary/aromatic N) is 4. The van der Waals surface area contributed by atoms with E-state index in [1.54, 1.807) is 11.0 Å². The molecule has 0 spiro atoms. The van der Waals surface area contributed by atoms with Gasteiger partial charge in [-0.05, 0) is 26.0 Å². The van der Waals surface area contributed by atoms with Crippen LogP contribution in [0.1, 0.15) is 30.8 Å². The van der Waals surface area contributed by atoms with Crippen LogP contribution in [0.2, 0.25) is 0 Å². The first-order valence-electron chi connectivity index (χ1n) is 6.94. The third kappa shape index (κ3) is 2.68. The molecule has 1 aromatic carbocycles. The Bertz CT molecular complexity index is 702. The van der Waals surface area contributed by atoms with E-state index >= 15 is 0 Å². The minimum absolute atomic E-state index is 0.166. The highest BCUT2D eigenvalue weighted by molar-refractivity contribution is 5.48. The SMILES string of the molecule is CCOc1cc2c(cc1Cn1cnc(C#N)n1)OC(C)C2. The van der Waals surface area contributed by atoms with E-state index in [4.69, 9.17) is 14.7 Å². The molecule has 1 unspecified atom stereocenters. The molecule has 0 bridgehead atoms. The first-order valence-corrected chi connectivity index (χ1v) is 6.94. The Morgan fingerprint density at radius 1 is 1.52 bits per heavy atom. The molecule has 6 nitrogen and oxygen atoms in total. The summed E-state index contributed by atoms with van der Waals surface area (Å²) in [5.41, 5.74) is 2.14. The summed E-state index contributed by atoms with van der Waals surface area (Å²) in [4.78, 5) is 3.91. The number of hydrogen-bond acceptors (Lipinski definition) is 5. The molecule has 0 saturated carbocycles. The lowest BCUT2D eigenvalue weighted by molar-refractivity contribution is 0.254. The zero-order valence-electron chi connectivity index (χ0n) is 12.0. The summed E-state index contributed by atoms with van der Waals surface area (Å²) < 4.78 is 13.1. The molecule has 0 radical (unpaired) electrons. The Balaban J connectivity index is 1.93. The molecule has 0 N–H and O–H groups in total. The van der Waals surface area contributed by atoms with Crippen molar-refractivity contribution in [1.29, 1.82) is 5.26 Å². The predicted molar refractivity (Wildman–Crippen MR) is 75.2 cm³/mol. The fourth-order valence-electron chi connectivity index (χ4n) is 2.49. The Kier molecular flexibility index (Phi) is 3.48. The maximum absolute atomic E-state index is 8.78. The molecule has 3 rings (SSSR count). The third-order valence-corrected chi connectivity index (χ3v) is 3.35. The summed E-state index contributed by atoms with van der Waals surface area (Å²) in [6.45, 7) is 5.11. The van der Waals surface area contributed by atoms with E-state index in [1.165, 1.54) is 5.56 Å². The van der Waals surface area contributed by atoms with Gasteiger partial charge < -0.3 is 9.47 Å². The van der Waals surface area contributed by atoms with Crippen LogP contribution in [0.5, 0.6) is 11.5 Å². The van der Waals surface area contributed by atoms with Crippen LogP contribution >= 0.6 is 0 Å². The fourth-order valence-corrected chi connectivity index (χ4v) is 2.49. The highest BCUT2D eigenvalue weighted by Gasteiger charge is 2.22. The monoisotopic (exact) mass is 284 g/mol. The predicted octanol–water partition coefficient (Wildman–Crippen LogP) is 1.92. The zero-order chi connectivity index (χ0) is 14.8. The van der Waals surface area contributed by atoms with E-state index in [-0.39, 0.29) is 11.9 Å². The van der Waals surface area contributed by atoms with Gasteiger partial charge in [-0.25, -0.2) is 9.67 Å². The average Bonchev–Trinajstić information content (AvgIpc) is 3.04. The summed E-state index contributed by atoms with van der Waals surface area (Å²) >= 11 is 0. The van der Waals surface area contributed by atoms with Crippen molar-refractivity contribution in [3.63, 3.8) is 0 Å². The lowest BCUT2D eigenvalue weighted by atomic mass is 10.1. The Morgan fingerprint density at radius 2 is 2.38 bits per heavy atom. The lowest BCUT2D eigenvalue weighted by Gasteiger charge is -2.12. The maximum atomic E-state index is 8.78. The van der Waals surface area contributed by atoms with E-state index in [9.17, 15) is 0 Å². The van der Waals surface area contributed by atoms with Crippen molar-refractivity contribution in [2.45, 2.75) is 32.9 Å². The van der Waals surface area contributed by atoms with Crippen molar-refractivity contribution >= 4 is 0 Å². The molecule has 1 aromatic heterocycles. The largest absolute Gasteiger partial charge is 0.494 e.